The van der Waals surface area contributed by atoms with Gasteiger partial charge in [-0.3, -0.25) is 5.09 Å². The molecule has 1 aromatic carbocycles. The molecule has 6 nitrogen and oxygen atoms in total. The summed E-state index contributed by atoms with van der Waals surface area (Å²) in [5.74, 6) is 0.803. The Bertz CT molecular complexity index is 1220. The van der Waals surface area contributed by atoms with Gasteiger partial charge in [0.1, 0.15) is 0 Å². The second-order valence-electron chi connectivity index (χ2n) is 9.13. The molecule has 0 amide bonds. The SMILES string of the molecule is CCC(C)NP1(=S)/C(=C2\N(C)c3ccccc3C2(C)C)C=Nc2c1c(C)nn2CCC#N. The summed E-state index contributed by atoms with van der Waals surface area (Å²) in [5.41, 5.74) is 4.43. The molecule has 8 heteroatoms. The molecule has 168 valence electrons. The minimum absolute atomic E-state index is 0.198. The Labute approximate surface area is 196 Å². The van der Waals surface area contributed by atoms with E-state index in [1.54, 1.807) is 0 Å². The molecule has 32 heavy (non-hydrogen) atoms. The highest BCUT2D eigenvalue weighted by molar-refractivity contribution is 8.20. The summed E-state index contributed by atoms with van der Waals surface area (Å²) in [4.78, 5) is 7.17. The molecule has 0 saturated heterocycles. The van der Waals surface area contributed by atoms with E-state index >= 15 is 0 Å². The van der Waals surface area contributed by atoms with Gasteiger partial charge in [-0.25, -0.2) is 9.67 Å². The Balaban J connectivity index is 1.99. The fourth-order valence-electron chi connectivity index (χ4n) is 4.89. The van der Waals surface area contributed by atoms with Gasteiger partial charge in [0.05, 0.1) is 36.2 Å². The fourth-order valence-corrected chi connectivity index (χ4v) is 9.69. The van der Waals surface area contributed by atoms with E-state index in [4.69, 9.17) is 27.2 Å². The molecule has 2 unspecified atom stereocenters. The zero-order valence-corrected chi connectivity index (χ0v) is 21.4. The van der Waals surface area contributed by atoms with Crippen LogP contribution in [0, 0.1) is 18.3 Å². The third kappa shape index (κ3) is 3.37. The number of nitrogens with zero attached hydrogens (tertiary/aromatic N) is 5. The largest absolute Gasteiger partial charge is 0.346 e. The van der Waals surface area contributed by atoms with Crippen molar-refractivity contribution in [2.24, 2.45) is 4.99 Å². The van der Waals surface area contributed by atoms with Gasteiger partial charge in [0.2, 0.25) is 0 Å². The van der Waals surface area contributed by atoms with Crippen LogP contribution in [0.5, 0.6) is 0 Å². The number of hydrogen-bond acceptors (Lipinski definition) is 5. The highest BCUT2D eigenvalue weighted by Crippen LogP contribution is 2.60. The monoisotopic (exact) mass is 466 g/mol. The minimum Gasteiger partial charge on any atom is -0.346 e. The van der Waals surface area contributed by atoms with Crippen molar-refractivity contribution in [2.45, 2.75) is 65.5 Å². The van der Waals surface area contributed by atoms with E-state index in [1.165, 1.54) is 16.9 Å². The number of allylic oxidation sites excluding steroid dienone is 2. The third-order valence-electron chi connectivity index (χ3n) is 6.59. The number of nitrogens with one attached hydrogen (secondary N) is 1. The van der Waals surface area contributed by atoms with Gasteiger partial charge in [0.15, 0.2) is 5.82 Å². The predicted molar refractivity (Wildman–Crippen MR) is 137 cm³/mol. The van der Waals surface area contributed by atoms with Crippen LogP contribution in [0.4, 0.5) is 11.5 Å². The average Bonchev–Trinajstić information content (AvgIpc) is 3.19. The van der Waals surface area contributed by atoms with E-state index in [9.17, 15) is 0 Å². The van der Waals surface area contributed by atoms with Crippen molar-refractivity contribution in [3.05, 3.63) is 46.5 Å². The first-order valence-corrected chi connectivity index (χ1v) is 13.9. The van der Waals surface area contributed by atoms with Gasteiger partial charge in [-0.1, -0.05) is 50.8 Å². The van der Waals surface area contributed by atoms with Crippen molar-refractivity contribution in [1.29, 1.82) is 5.26 Å². The van der Waals surface area contributed by atoms with Crippen LogP contribution in [-0.2, 0) is 23.8 Å². The summed E-state index contributed by atoms with van der Waals surface area (Å²) in [6.07, 6.45) is 0.923. The van der Waals surface area contributed by atoms with Crippen molar-refractivity contribution >= 4 is 41.0 Å². The molecule has 0 bridgehead atoms. The van der Waals surface area contributed by atoms with Gasteiger partial charge < -0.3 is 4.90 Å². The van der Waals surface area contributed by atoms with Gasteiger partial charge in [0, 0.05) is 41.4 Å². The minimum atomic E-state index is -2.42. The van der Waals surface area contributed by atoms with Crippen molar-refractivity contribution in [2.75, 3.05) is 11.9 Å². The Hall–Kier alpha value is -2.26. The number of benzene rings is 1. The number of rotatable bonds is 5. The number of aryl methyl sites for hydroxylation is 2. The topological polar surface area (TPSA) is 69.2 Å². The number of para-hydroxylation sites is 1. The van der Waals surface area contributed by atoms with Gasteiger partial charge >= 0.3 is 0 Å². The summed E-state index contributed by atoms with van der Waals surface area (Å²) in [5, 5.41) is 19.8. The molecule has 2 aromatic rings. The Kier molecular flexibility index (Phi) is 5.92. The second kappa shape index (κ2) is 8.26. The molecule has 0 aliphatic carbocycles. The molecule has 1 N–H and O–H groups in total. The lowest BCUT2D eigenvalue weighted by molar-refractivity contribution is 0.626. The first kappa shape index (κ1) is 22.9. The van der Waals surface area contributed by atoms with Crippen molar-refractivity contribution < 1.29 is 0 Å². The molecule has 0 saturated carbocycles. The molecule has 0 radical (unpaired) electrons. The molecule has 3 heterocycles. The van der Waals surface area contributed by atoms with Crippen LogP contribution in [-0.4, -0.2) is 29.1 Å². The van der Waals surface area contributed by atoms with E-state index in [1.807, 2.05) is 17.8 Å². The Morgan fingerprint density at radius 1 is 1.31 bits per heavy atom. The number of fused-ring (bicyclic) bond motifs is 2. The highest BCUT2D eigenvalue weighted by Gasteiger charge is 2.45. The van der Waals surface area contributed by atoms with E-state index in [0.717, 1.165) is 28.6 Å². The Morgan fingerprint density at radius 2 is 2.03 bits per heavy atom. The zero-order chi connectivity index (χ0) is 23.3. The van der Waals surface area contributed by atoms with Crippen LogP contribution < -0.4 is 15.3 Å². The van der Waals surface area contributed by atoms with E-state index < -0.39 is 6.19 Å². The first-order valence-electron chi connectivity index (χ1n) is 11.1. The Morgan fingerprint density at radius 3 is 2.69 bits per heavy atom. The smallest absolute Gasteiger partial charge is 0.160 e. The molecule has 0 spiro atoms. The van der Waals surface area contributed by atoms with Crippen LogP contribution >= 0.6 is 6.19 Å². The highest BCUT2D eigenvalue weighted by atomic mass is 32.4. The van der Waals surface area contributed by atoms with Crippen molar-refractivity contribution in [3.63, 3.8) is 0 Å². The van der Waals surface area contributed by atoms with E-state index in [-0.39, 0.29) is 11.5 Å². The quantitative estimate of drug-likeness (QED) is 0.637. The van der Waals surface area contributed by atoms with Crippen LogP contribution in [0.3, 0.4) is 0 Å². The summed E-state index contributed by atoms with van der Waals surface area (Å²) in [6.45, 7) is 11.4. The molecule has 0 fully saturated rings. The second-order valence-corrected chi connectivity index (χ2v) is 13.2. The van der Waals surface area contributed by atoms with Crippen LogP contribution in [0.2, 0.25) is 0 Å². The van der Waals surface area contributed by atoms with Crippen LogP contribution in [0.25, 0.3) is 0 Å². The number of likely N-dealkylation sites (N-methyl/N-ethyl adjacent to an activating group) is 1. The van der Waals surface area contributed by atoms with Crippen molar-refractivity contribution in [1.82, 2.24) is 14.9 Å². The van der Waals surface area contributed by atoms with Crippen LogP contribution in [0.15, 0.2) is 40.3 Å². The van der Waals surface area contributed by atoms with E-state index in [2.05, 4.69) is 75.1 Å². The number of nitriles is 1. The van der Waals surface area contributed by atoms with Crippen molar-refractivity contribution in [3.8, 4) is 6.07 Å². The number of hydrogen-bond donors (Lipinski definition) is 1. The number of anilines is 1. The maximum atomic E-state index is 9.08. The summed E-state index contributed by atoms with van der Waals surface area (Å²) >= 11 is 6.59. The van der Waals surface area contributed by atoms with Gasteiger partial charge in [-0.2, -0.15) is 10.4 Å². The van der Waals surface area contributed by atoms with Gasteiger partial charge in [0.25, 0.3) is 0 Å². The lowest BCUT2D eigenvalue weighted by Gasteiger charge is -2.36. The van der Waals surface area contributed by atoms with Crippen LogP contribution in [0.1, 0.15) is 51.8 Å². The molecule has 1 aromatic heterocycles. The molecule has 4 rings (SSSR count). The molecule has 2 atom stereocenters. The predicted octanol–water partition coefficient (Wildman–Crippen LogP) is 4.87. The van der Waals surface area contributed by atoms with E-state index in [0.29, 0.717) is 13.0 Å². The zero-order valence-electron chi connectivity index (χ0n) is 19.7. The summed E-state index contributed by atoms with van der Waals surface area (Å²) in [7, 11) is 2.13. The third-order valence-corrected chi connectivity index (χ3v) is 11.0. The first-order chi connectivity index (χ1) is 15.2. The molecular weight excluding hydrogens is 435 g/mol. The van der Waals surface area contributed by atoms with Gasteiger partial charge in [-0.15, -0.1) is 0 Å². The number of aromatic nitrogens is 2. The lowest BCUT2D eigenvalue weighted by atomic mass is 9.84. The summed E-state index contributed by atoms with van der Waals surface area (Å²) in [6, 6.07) is 11.0. The summed E-state index contributed by atoms with van der Waals surface area (Å²) < 4.78 is 1.85. The molecular formula is C24H31N6PS. The molecule has 2 aliphatic rings. The lowest BCUT2D eigenvalue weighted by Crippen LogP contribution is -2.34. The molecule has 2 aliphatic heterocycles. The standard InChI is InChI=1S/C24H31N6PS/c1-7-16(2)28-31(32)20(15-26-23-21(31)17(3)27-30(23)14-10-13-25)22-24(4,5)18-11-8-9-12-19(18)29(22)6/h8-9,11-12,15-16H,7,10,14H2,1-6H3,(H,28,32)/b22-20-. The fraction of sp³-hybridized carbons (Fsp3) is 0.458. The normalized spacial score (nSPS) is 24.2. The maximum Gasteiger partial charge on any atom is 0.160 e. The maximum absolute atomic E-state index is 9.08. The number of aliphatic imine (C=N–C) groups is 1. The van der Waals surface area contributed by atoms with Gasteiger partial charge in [-0.05, 0) is 31.9 Å². The average molecular weight is 467 g/mol.